The summed E-state index contributed by atoms with van der Waals surface area (Å²) in [7, 11) is 3.20. The molecule has 0 saturated carbocycles. The summed E-state index contributed by atoms with van der Waals surface area (Å²) in [4.78, 5) is 27.3. The second-order valence-corrected chi connectivity index (χ2v) is 19.9. The summed E-state index contributed by atoms with van der Waals surface area (Å²) in [5.41, 5.74) is 12.2. The molecule has 5 aromatic carbocycles. The SMILES string of the molecule is CCCCCCC1(CCCCCC)c2cc(-c3ccc(C4=c5cc6c(cc5OC4=O)=C(c4cc(OC)c(OC)c(C(C)(C)C)c4)C(=O)O6)cc3)ccc2-c2ccc(C(C)(C)C)cc21. The molecular formula is C57H64O6. The molecule has 0 N–H and O–H groups in total. The number of esters is 2. The van der Waals surface area contributed by atoms with Crippen molar-refractivity contribution in [2.24, 2.45) is 0 Å². The summed E-state index contributed by atoms with van der Waals surface area (Å²) in [5.74, 6) is 1.01. The lowest BCUT2D eigenvalue weighted by molar-refractivity contribution is -0.128. The van der Waals surface area contributed by atoms with Gasteiger partial charge in [0.15, 0.2) is 11.5 Å². The van der Waals surface area contributed by atoms with E-state index in [2.05, 4.69) is 104 Å². The number of carbonyl (C=O) groups is 2. The number of fused-ring (bicyclic) bond motifs is 5. The first-order chi connectivity index (χ1) is 30.1. The highest BCUT2D eigenvalue weighted by molar-refractivity contribution is 6.21. The Bertz CT molecular complexity index is 2710. The highest BCUT2D eigenvalue weighted by Crippen LogP contribution is 2.56. The van der Waals surface area contributed by atoms with Gasteiger partial charge in [-0.05, 0) is 104 Å². The van der Waals surface area contributed by atoms with Gasteiger partial charge in [0.05, 0.1) is 25.4 Å². The van der Waals surface area contributed by atoms with Gasteiger partial charge in [-0.2, -0.15) is 0 Å². The first kappa shape index (κ1) is 44.0. The maximum atomic E-state index is 13.7. The van der Waals surface area contributed by atoms with E-state index in [4.69, 9.17) is 18.9 Å². The zero-order chi connectivity index (χ0) is 44.8. The molecule has 0 unspecified atom stereocenters. The van der Waals surface area contributed by atoms with Gasteiger partial charge in [0.1, 0.15) is 11.5 Å². The number of hydrogen-bond acceptors (Lipinski definition) is 6. The zero-order valence-electron chi connectivity index (χ0n) is 39.1. The van der Waals surface area contributed by atoms with E-state index in [-0.39, 0.29) is 16.2 Å². The molecule has 6 nitrogen and oxygen atoms in total. The van der Waals surface area contributed by atoms with E-state index in [0.29, 0.717) is 50.1 Å². The van der Waals surface area contributed by atoms with Crippen LogP contribution >= 0.6 is 0 Å². The number of unbranched alkanes of at least 4 members (excludes halogenated alkanes) is 6. The lowest BCUT2D eigenvalue weighted by atomic mass is 9.69. The normalized spacial score (nSPS) is 14.9. The molecule has 0 saturated heterocycles. The van der Waals surface area contributed by atoms with Gasteiger partial charge in [-0.1, -0.05) is 161 Å². The molecule has 0 fully saturated rings. The molecule has 3 aliphatic rings. The predicted octanol–water partition coefficient (Wildman–Crippen LogP) is 12.4. The Morgan fingerprint density at radius 3 is 1.57 bits per heavy atom. The molecule has 0 amide bonds. The smallest absolute Gasteiger partial charge is 0.344 e. The number of benzene rings is 5. The third-order valence-corrected chi connectivity index (χ3v) is 13.7. The van der Waals surface area contributed by atoms with E-state index in [1.165, 1.54) is 84.7 Å². The Hall–Kier alpha value is -5.62. The van der Waals surface area contributed by atoms with Crippen LogP contribution in [-0.2, 0) is 25.8 Å². The van der Waals surface area contributed by atoms with E-state index < -0.39 is 11.9 Å². The summed E-state index contributed by atoms with van der Waals surface area (Å²) < 4.78 is 23.3. The monoisotopic (exact) mass is 844 g/mol. The lowest BCUT2D eigenvalue weighted by Gasteiger charge is -2.34. The van der Waals surface area contributed by atoms with Crippen molar-refractivity contribution in [3.8, 4) is 45.3 Å². The van der Waals surface area contributed by atoms with Gasteiger partial charge in [-0.3, -0.25) is 0 Å². The van der Waals surface area contributed by atoms with Crippen molar-refractivity contribution in [1.82, 2.24) is 0 Å². The topological polar surface area (TPSA) is 71.1 Å². The summed E-state index contributed by atoms with van der Waals surface area (Å²) in [5, 5.41) is 1.17. The molecule has 0 aromatic heterocycles. The summed E-state index contributed by atoms with van der Waals surface area (Å²) in [6.07, 6.45) is 12.2. The summed E-state index contributed by atoms with van der Waals surface area (Å²) in [6, 6.07) is 29.9. The molecule has 5 aromatic rings. The van der Waals surface area contributed by atoms with Crippen molar-refractivity contribution in [1.29, 1.82) is 0 Å². The van der Waals surface area contributed by atoms with Crippen molar-refractivity contribution in [2.75, 3.05) is 14.2 Å². The van der Waals surface area contributed by atoms with E-state index in [1.54, 1.807) is 32.4 Å². The maximum Gasteiger partial charge on any atom is 0.344 e. The van der Waals surface area contributed by atoms with Crippen molar-refractivity contribution in [3.05, 3.63) is 129 Å². The molecular weight excluding hydrogens is 781 g/mol. The third-order valence-electron chi connectivity index (χ3n) is 13.7. The first-order valence-electron chi connectivity index (χ1n) is 23.2. The maximum absolute atomic E-state index is 13.7. The molecule has 1 aliphatic carbocycles. The van der Waals surface area contributed by atoms with Crippen LogP contribution in [0.3, 0.4) is 0 Å². The molecule has 0 atom stereocenters. The minimum Gasteiger partial charge on any atom is -0.493 e. The van der Waals surface area contributed by atoms with Gasteiger partial charge in [0.2, 0.25) is 0 Å². The van der Waals surface area contributed by atoms with Crippen molar-refractivity contribution in [2.45, 2.75) is 136 Å². The van der Waals surface area contributed by atoms with Gasteiger partial charge in [0.25, 0.3) is 0 Å². The average molecular weight is 845 g/mol. The fourth-order valence-electron chi connectivity index (χ4n) is 10.2. The highest BCUT2D eigenvalue weighted by Gasteiger charge is 2.43. The molecule has 0 radical (unpaired) electrons. The van der Waals surface area contributed by atoms with Gasteiger partial charge >= 0.3 is 11.9 Å². The van der Waals surface area contributed by atoms with Gasteiger partial charge < -0.3 is 18.9 Å². The zero-order valence-corrected chi connectivity index (χ0v) is 39.1. The molecule has 8 rings (SSSR count). The molecule has 0 spiro atoms. The fourth-order valence-corrected chi connectivity index (χ4v) is 10.2. The molecule has 6 heteroatoms. The largest absolute Gasteiger partial charge is 0.493 e. The molecule has 2 heterocycles. The Kier molecular flexibility index (Phi) is 12.0. The quantitative estimate of drug-likeness (QED) is 0.0594. The second-order valence-electron chi connectivity index (χ2n) is 19.9. The minimum atomic E-state index is -0.476. The standard InChI is InChI=1S/C57H64O6/c1-11-13-15-17-27-57(28-18-16-14-12-2)44-29-37(23-25-40(44)41-26-24-39(32-45(41)57)55(3,4)5)35-19-21-36(22-20-35)50-42-33-48-43(34-47(42)62-53(50)58)51(54(59)63-48)38-30-46(56(6,7)8)52(61-10)49(31-38)60-9/h19-26,29-34H,11-18,27-28H2,1-10H3. The minimum absolute atomic E-state index is 0.0359. The number of ether oxygens (including phenoxy) is 4. The van der Waals surface area contributed by atoms with Crippen LogP contribution in [0.15, 0.2) is 84.9 Å². The molecule has 0 bridgehead atoms. The van der Waals surface area contributed by atoms with E-state index in [0.717, 1.165) is 29.5 Å². The van der Waals surface area contributed by atoms with Crippen LogP contribution in [0.2, 0.25) is 0 Å². The Morgan fingerprint density at radius 1 is 0.524 bits per heavy atom. The Labute approximate surface area is 374 Å². The third kappa shape index (κ3) is 8.00. The number of rotatable bonds is 15. The average Bonchev–Trinajstić information content (AvgIpc) is 3.86. The Morgan fingerprint density at radius 2 is 1.05 bits per heavy atom. The van der Waals surface area contributed by atoms with Crippen LogP contribution in [-0.4, -0.2) is 26.2 Å². The molecule has 2 aliphatic heterocycles. The molecule has 328 valence electrons. The number of methoxy groups -OCH3 is 2. The summed E-state index contributed by atoms with van der Waals surface area (Å²) >= 11 is 0. The number of carbonyl (C=O) groups excluding carboxylic acids is 2. The Balaban J connectivity index is 1.19. The van der Waals surface area contributed by atoms with E-state index in [1.807, 2.05) is 18.2 Å². The molecule has 63 heavy (non-hydrogen) atoms. The van der Waals surface area contributed by atoms with Crippen LogP contribution in [0.25, 0.3) is 33.4 Å². The lowest BCUT2D eigenvalue weighted by Crippen LogP contribution is -2.26. The van der Waals surface area contributed by atoms with Crippen molar-refractivity contribution >= 4 is 23.1 Å². The van der Waals surface area contributed by atoms with E-state index in [9.17, 15) is 9.59 Å². The van der Waals surface area contributed by atoms with Gasteiger partial charge in [-0.15, -0.1) is 0 Å². The first-order valence-corrected chi connectivity index (χ1v) is 23.2. The fraction of sp³-hybridized carbons (Fsp3) is 0.404. The van der Waals surface area contributed by atoms with Crippen LogP contribution in [0.4, 0.5) is 0 Å². The second kappa shape index (κ2) is 17.2. The number of hydrogen-bond donors (Lipinski definition) is 0. The summed E-state index contributed by atoms with van der Waals surface area (Å²) in [6.45, 7) is 17.8. The van der Waals surface area contributed by atoms with Crippen LogP contribution < -0.4 is 29.4 Å². The highest BCUT2D eigenvalue weighted by atomic mass is 16.5. The van der Waals surface area contributed by atoms with E-state index >= 15 is 0 Å². The van der Waals surface area contributed by atoms with Gasteiger partial charge in [-0.25, -0.2) is 9.59 Å². The van der Waals surface area contributed by atoms with Crippen LogP contribution in [0.1, 0.15) is 153 Å². The van der Waals surface area contributed by atoms with Gasteiger partial charge in [0, 0.05) is 21.4 Å². The van der Waals surface area contributed by atoms with Crippen LogP contribution in [0, 0.1) is 0 Å². The van der Waals surface area contributed by atoms with Crippen molar-refractivity contribution < 1.29 is 28.5 Å². The van der Waals surface area contributed by atoms with Crippen LogP contribution in [0.5, 0.6) is 23.0 Å². The predicted molar refractivity (Wildman–Crippen MR) is 255 cm³/mol. The van der Waals surface area contributed by atoms with Crippen molar-refractivity contribution in [3.63, 3.8) is 0 Å².